The summed E-state index contributed by atoms with van der Waals surface area (Å²) in [5, 5.41) is 0. The molecule has 0 bridgehead atoms. The van der Waals surface area contributed by atoms with Gasteiger partial charge in [0.1, 0.15) is 0 Å². The van der Waals surface area contributed by atoms with Gasteiger partial charge in [0.05, 0.1) is 18.0 Å². The van der Waals surface area contributed by atoms with Crippen molar-refractivity contribution in [3.63, 3.8) is 0 Å². The van der Waals surface area contributed by atoms with Crippen molar-refractivity contribution in [1.82, 2.24) is 4.90 Å². The fourth-order valence-electron chi connectivity index (χ4n) is 1.73. The Bertz CT molecular complexity index is 450. The largest absolute Gasteiger partial charge is 0.750 e. The molecule has 0 aliphatic carbocycles. The number of amides is 1. The normalized spacial score (nSPS) is 11.8. The van der Waals surface area contributed by atoms with Gasteiger partial charge in [0, 0.05) is 13.1 Å². The standard InChI is InChI=1S/C14H19NO4S/c1-2-14(16)15(10-6-7-11-19-20(17)18)12-13-8-4-3-5-9-13/h2-5,8-9H,1,6-7,10-12H2,(H,17,18)/p-1. The molecular weight excluding hydrogens is 278 g/mol. The third-order valence-corrected chi connectivity index (χ3v) is 3.06. The highest BCUT2D eigenvalue weighted by Crippen LogP contribution is 2.07. The fourth-order valence-corrected chi connectivity index (χ4v) is 1.99. The minimum absolute atomic E-state index is 0.136. The lowest BCUT2D eigenvalue weighted by atomic mass is 10.2. The van der Waals surface area contributed by atoms with Gasteiger partial charge in [-0.3, -0.25) is 4.79 Å². The Hall–Kier alpha value is -1.50. The molecule has 0 saturated carbocycles. The van der Waals surface area contributed by atoms with E-state index in [1.807, 2.05) is 30.3 Å². The van der Waals surface area contributed by atoms with Crippen LogP contribution in [0.15, 0.2) is 43.0 Å². The average Bonchev–Trinajstić information content (AvgIpc) is 2.45. The summed E-state index contributed by atoms with van der Waals surface area (Å²) >= 11 is -2.47. The molecule has 1 atom stereocenters. The van der Waals surface area contributed by atoms with E-state index >= 15 is 0 Å². The van der Waals surface area contributed by atoms with Crippen molar-refractivity contribution < 1.29 is 17.7 Å². The molecule has 0 N–H and O–H groups in total. The van der Waals surface area contributed by atoms with Crippen LogP contribution in [0.2, 0.25) is 0 Å². The number of hydrogen-bond acceptors (Lipinski definition) is 4. The van der Waals surface area contributed by atoms with Gasteiger partial charge >= 0.3 is 0 Å². The van der Waals surface area contributed by atoms with E-state index in [1.165, 1.54) is 6.08 Å². The van der Waals surface area contributed by atoms with E-state index in [2.05, 4.69) is 10.8 Å². The zero-order valence-electron chi connectivity index (χ0n) is 11.2. The molecule has 0 radical (unpaired) electrons. The first-order valence-corrected chi connectivity index (χ1v) is 7.31. The van der Waals surface area contributed by atoms with Crippen LogP contribution in [0.3, 0.4) is 0 Å². The first-order valence-electron chi connectivity index (χ1n) is 6.31. The zero-order chi connectivity index (χ0) is 14.8. The summed E-state index contributed by atoms with van der Waals surface area (Å²) in [6.07, 6.45) is 2.53. The maximum absolute atomic E-state index is 11.8. The van der Waals surface area contributed by atoms with Gasteiger partial charge in [0.15, 0.2) is 0 Å². The predicted molar refractivity (Wildman–Crippen MR) is 76.2 cm³/mol. The van der Waals surface area contributed by atoms with E-state index in [0.717, 1.165) is 5.56 Å². The van der Waals surface area contributed by atoms with Gasteiger partial charge in [-0.1, -0.05) is 36.9 Å². The van der Waals surface area contributed by atoms with Crippen molar-refractivity contribution in [3.8, 4) is 0 Å². The Morgan fingerprint density at radius 2 is 2.05 bits per heavy atom. The summed E-state index contributed by atoms with van der Waals surface area (Å²) in [5.41, 5.74) is 1.04. The summed E-state index contributed by atoms with van der Waals surface area (Å²) in [6.45, 7) is 4.68. The Labute approximate surface area is 121 Å². The smallest absolute Gasteiger partial charge is 0.246 e. The predicted octanol–water partition coefficient (Wildman–Crippen LogP) is 1.79. The molecule has 0 fully saturated rings. The summed E-state index contributed by atoms with van der Waals surface area (Å²) in [6, 6.07) is 9.66. The van der Waals surface area contributed by atoms with E-state index in [-0.39, 0.29) is 12.5 Å². The average molecular weight is 296 g/mol. The number of hydrogen-bond donors (Lipinski definition) is 0. The van der Waals surface area contributed by atoms with Gasteiger partial charge in [0.25, 0.3) is 0 Å². The van der Waals surface area contributed by atoms with E-state index in [0.29, 0.717) is 25.9 Å². The molecule has 0 aromatic heterocycles. The van der Waals surface area contributed by atoms with Gasteiger partial charge in [-0.25, -0.2) is 4.21 Å². The van der Waals surface area contributed by atoms with Crippen molar-refractivity contribution in [2.24, 2.45) is 0 Å². The SMILES string of the molecule is C=CC(=O)N(CCCCOS(=O)[O-])Cc1ccccc1. The maximum Gasteiger partial charge on any atom is 0.246 e. The van der Waals surface area contributed by atoms with Crippen LogP contribution in [0.25, 0.3) is 0 Å². The van der Waals surface area contributed by atoms with Crippen molar-refractivity contribution >= 4 is 17.3 Å². The third kappa shape index (κ3) is 6.60. The summed E-state index contributed by atoms with van der Waals surface area (Å²) in [5.74, 6) is -0.137. The van der Waals surface area contributed by atoms with Crippen LogP contribution in [0.4, 0.5) is 0 Å². The maximum atomic E-state index is 11.8. The van der Waals surface area contributed by atoms with E-state index < -0.39 is 11.4 Å². The first-order chi connectivity index (χ1) is 9.63. The lowest BCUT2D eigenvalue weighted by Gasteiger charge is -2.21. The Morgan fingerprint density at radius 3 is 2.65 bits per heavy atom. The van der Waals surface area contributed by atoms with Crippen LogP contribution in [-0.4, -0.2) is 32.7 Å². The number of benzene rings is 1. The van der Waals surface area contributed by atoms with Crippen molar-refractivity contribution in [3.05, 3.63) is 48.6 Å². The molecule has 20 heavy (non-hydrogen) atoms. The number of nitrogens with zero attached hydrogens (tertiary/aromatic N) is 1. The molecule has 1 amide bonds. The van der Waals surface area contributed by atoms with Crippen LogP contribution in [-0.2, 0) is 26.9 Å². The van der Waals surface area contributed by atoms with Gasteiger partial charge in [0.2, 0.25) is 5.91 Å². The molecule has 1 rings (SSSR count). The fraction of sp³-hybridized carbons (Fsp3) is 0.357. The lowest BCUT2D eigenvalue weighted by molar-refractivity contribution is -0.126. The molecular formula is C14H18NO4S-. The van der Waals surface area contributed by atoms with Crippen molar-refractivity contribution in [1.29, 1.82) is 0 Å². The Morgan fingerprint density at radius 1 is 1.35 bits per heavy atom. The zero-order valence-corrected chi connectivity index (χ0v) is 12.0. The second kappa shape index (κ2) is 9.41. The monoisotopic (exact) mass is 296 g/mol. The third-order valence-electron chi connectivity index (χ3n) is 2.70. The van der Waals surface area contributed by atoms with E-state index in [4.69, 9.17) is 0 Å². The Balaban J connectivity index is 2.42. The van der Waals surface area contributed by atoms with Gasteiger partial charge < -0.3 is 13.6 Å². The Kier molecular flexibility index (Phi) is 7.79. The highest BCUT2D eigenvalue weighted by Gasteiger charge is 2.10. The molecule has 1 aromatic carbocycles. The number of unbranched alkanes of at least 4 members (excludes halogenated alkanes) is 1. The summed E-state index contributed by atoms with van der Waals surface area (Å²) < 4.78 is 24.8. The molecule has 1 aromatic rings. The molecule has 6 heteroatoms. The van der Waals surface area contributed by atoms with Crippen LogP contribution in [0, 0.1) is 0 Å². The molecule has 110 valence electrons. The lowest BCUT2D eigenvalue weighted by Crippen LogP contribution is -2.30. The van der Waals surface area contributed by atoms with Crippen LogP contribution in [0.5, 0.6) is 0 Å². The van der Waals surface area contributed by atoms with Crippen molar-refractivity contribution in [2.45, 2.75) is 19.4 Å². The molecule has 0 aliphatic rings. The second-order valence-electron chi connectivity index (χ2n) is 4.18. The first kappa shape index (κ1) is 16.6. The molecule has 0 heterocycles. The van der Waals surface area contributed by atoms with Gasteiger partial charge in [-0.05, 0) is 24.5 Å². The quantitative estimate of drug-likeness (QED) is 0.396. The molecule has 1 unspecified atom stereocenters. The molecule has 0 spiro atoms. The second-order valence-corrected chi connectivity index (χ2v) is 4.83. The minimum Gasteiger partial charge on any atom is -0.750 e. The molecule has 5 nitrogen and oxygen atoms in total. The van der Waals surface area contributed by atoms with E-state index in [1.54, 1.807) is 4.90 Å². The molecule has 0 saturated heterocycles. The summed E-state index contributed by atoms with van der Waals surface area (Å²) in [7, 11) is 0. The number of rotatable bonds is 9. The highest BCUT2D eigenvalue weighted by molar-refractivity contribution is 7.74. The van der Waals surface area contributed by atoms with Gasteiger partial charge in [-0.2, -0.15) is 0 Å². The van der Waals surface area contributed by atoms with E-state index in [9.17, 15) is 13.6 Å². The number of carbonyl (C=O) groups excluding carboxylic acids is 1. The van der Waals surface area contributed by atoms with Crippen LogP contribution < -0.4 is 0 Å². The molecule has 0 aliphatic heterocycles. The number of carbonyl (C=O) groups is 1. The van der Waals surface area contributed by atoms with Crippen LogP contribution >= 0.6 is 0 Å². The highest BCUT2D eigenvalue weighted by atomic mass is 32.2. The van der Waals surface area contributed by atoms with Gasteiger partial charge in [-0.15, -0.1) is 0 Å². The van der Waals surface area contributed by atoms with Crippen molar-refractivity contribution in [2.75, 3.05) is 13.2 Å². The summed E-state index contributed by atoms with van der Waals surface area (Å²) in [4.78, 5) is 13.4. The van der Waals surface area contributed by atoms with Crippen LogP contribution in [0.1, 0.15) is 18.4 Å². The topological polar surface area (TPSA) is 69.7 Å². The minimum atomic E-state index is -2.47.